The molecule has 4 rings (SSSR count). The van der Waals surface area contributed by atoms with Crippen molar-refractivity contribution in [2.75, 3.05) is 5.73 Å². The average Bonchev–Trinajstić information content (AvgIpc) is 3.19. The van der Waals surface area contributed by atoms with Gasteiger partial charge in [0.05, 0.1) is 11.9 Å². The van der Waals surface area contributed by atoms with E-state index in [-0.39, 0.29) is 0 Å². The molecule has 0 aliphatic rings. The van der Waals surface area contributed by atoms with Gasteiger partial charge in [0.1, 0.15) is 11.5 Å². The van der Waals surface area contributed by atoms with Crippen LogP contribution in [0.25, 0.3) is 22.6 Å². The number of anilines is 1. The van der Waals surface area contributed by atoms with Crippen LogP contribution in [0.5, 0.6) is 0 Å². The first kappa shape index (κ1) is 13.8. The van der Waals surface area contributed by atoms with E-state index in [2.05, 4.69) is 38.5 Å². The van der Waals surface area contributed by atoms with E-state index in [4.69, 9.17) is 5.73 Å². The zero-order chi connectivity index (χ0) is 15.8. The number of hydrogen-bond donors (Lipinski definition) is 1. The predicted octanol–water partition coefficient (Wildman–Crippen LogP) is 2.89. The van der Waals surface area contributed by atoms with Crippen LogP contribution in [0, 0.1) is 6.92 Å². The van der Waals surface area contributed by atoms with E-state index >= 15 is 0 Å². The van der Waals surface area contributed by atoms with E-state index in [1.54, 1.807) is 0 Å². The minimum Gasteiger partial charge on any atom is -0.383 e. The van der Waals surface area contributed by atoms with E-state index in [0.29, 0.717) is 23.8 Å². The van der Waals surface area contributed by atoms with Gasteiger partial charge >= 0.3 is 0 Å². The molecule has 1 aromatic carbocycles. The second-order valence-electron chi connectivity index (χ2n) is 5.31. The molecule has 0 atom stereocenters. The van der Waals surface area contributed by atoms with Crippen LogP contribution >= 0.6 is 11.5 Å². The van der Waals surface area contributed by atoms with Gasteiger partial charge in [-0.15, -0.1) is 0 Å². The lowest BCUT2D eigenvalue weighted by molar-refractivity contribution is 0.690. The standard InChI is InChI=1S/C16H14N6S/c1-10-4-2-3-5-11(10)8-22-9-12-14(17)18-16(19-15(12)20-22)13-6-7-23-21-13/h2-7,9H,8H2,1H3,(H2,17,18,19,20). The summed E-state index contributed by atoms with van der Waals surface area (Å²) in [6.45, 7) is 2.77. The third kappa shape index (κ3) is 2.55. The molecule has 0 unspecified atom stereocenters. The second-order valence-corrected chi connectivity index (χ2v) is 5.97. The minimum absolute atomic E-state index is 0.425. The van der Waals surface area contributed by atoms with Crippen molar-refractivity contribution in [1.29, 1.82) is 0 Å². The van der Waals surface area contributed by atoms with Gasteiger partial charge in [0.15, 0.2) is 11.5 Å². The van der Waals surface area contributed by atoms with Crippen molar-refractivity contribution >= 4 is 28.4 Å². The van der Waals surface area contributed by atoms with Crippen LogP contribution in [-0.4, -0.2) is 24.1 Å². The number of nitrogens with zero attached hydrogens (tertiary/aromatic N) is 5. The van der Waals surface area contributed by atoms with Gasteiger partial charge in [-0.1, -0.05) is 24.3 Å². The molecule has 6 nitrogen and oxygen atoms in total. The molecule has 0 saturated carbocycles. The molecule has 7 heteroatoms. The van der Waals surface area contributed by atoms with Gasteiger partial charge in [-0.2, -0.15) is 9.47 Å². The number of benzene rings is 1. The van der Waals surface area contributed by atoms with Crippen LogP contribution in [0.15, 0.2) is 41.9 Å². The molecule has 3 aromatic heterocycles. The lowest BCUT2D eigenvalue weighted by Crippen LogP contribution is -2.01. The minimum atomic E-state index is 0.425. The quantitative estimate of drug-likeness (QED) is 0.627. The van der Waals surface area contributed by atoms with Crippen molar-refractivity contribution in [2.45, 2.75) is 13.5 Å². The molecule has 0 aliphatic carbocycles. The Morgan fingerprint density at radius 2 is 2.04 bits per heavy atom. The molecule has 0 radical (unpaired) electrons. The fraction of sp³-hybridized carbons (Fsp3) is 0.125. The lowest BCUT2D eigenvalue weighted by atomic mass is 10.1. The summed E-state index contributed by atoms with van der Waals surface area (Å²) in [4.78, 5) is 8.82. The lowest BCUT2D eigenvalue weighted by Gasteiger charge is -2.04. The molecule has 4 aromatic rings. The van der Waals surface area contributed by atoms with Crippen LogP contribution in [0.4, 0.5) is 5.82 Å². The van der Waals surface area contributed by atoms with Crippen molar-refractivity contribution in [2.24, 2.45) is 0 Å². The summed E-state index contributed by atoms with van der Waals surface area (Å²) < 4.78 is 6.10. The molecule has 0 saturated heterocycles. The van der Waals surface area contributed by atoms with Gasteiger partial charge in [-0.05, 0) is 35.6 Å². The van der Waals surface area contributed by atoms with Crippen LogP contribution in [0.3, 0.4) is 0 Å². The number of fused-ring (bicyclic) bond motifs is 1. The fourth-order valence-corrected chi connectivity index (χ4v) is 2.97. The maximum absolute atomic E-state index is 6.07. The third-order valence-corrected chi connectivity index (χ3v) is 4.28. The maximum atomic E-state index is 6.07. The molecular weight excluding hydrogens is 308 g/mol. The van der Waals surface area contributed by atoms with E-state index in [1.807, 2.05) is 34.5 Å². The van der Waals surface area contributed by atoms with E-state index < -0.39 is 0 Å². The number of nitrogen functional groups attached to an aromatic ring is 1. The Morgan fingerprint density at radius 1 is 1.17 bits per heavy atom. The third-order valence-electron chi connectivity index (χ3n) is 3.72. The molecule has 23 heavy (non-hydrogen) atoms. The van der Waals surface area contributed by atoms with E-state index in [0.717, 1.165) is 11.1 Å². The summed E-state index contributed by atoms with van der Waals surface area (Å²) in [6.07, 6.45) is 1.89. The van der Waals surface area contributed by atoms with Crippen LogP contribution in [0.2, 0.25) is 0 Å². The van der Waals surface area contributed by atoms with Crippen LogP contribution in [-0.2, 0) is 6.54 Å². The average molecular weight is 322 g/mol. The highest BCUT2D eigenvalue weighted by Gasteiger charge is 2.12. The van der Waals surface area contributed by atoms with Gasteiger partial charge in [-0.25, -0.2) is 9.97 Å². The summed E-state index contributed by atoms with van der Waals surface area (Å²) in [7, 11) is 0. The predicted molar refractivity (Wildman–Crippen MR) is 91.1 cm³/mol. The summed E-state index contributed by atoms with van der Waals surface area (Å²) in [5.41, 5.74) is 9.83. The highest BCUT2D eigenvalue weighted by Crippen LogP contribution is 2.22. The molecule has 2 N–H and O–H groups in total. The Hall–Kier alpha value is -2.80. The summed E-state index contributed by atoms with van der Waals surface area (Å²) >= 11 is 1.36. The first-order valence-corrected chi connectivity index (χ1v) is 8.00. The van der Waals surface area contributed by atoms with Gasteiger partial charge in [0.25, 0.3) is 0 Å². The van der Waals surface area contributed by atoms with Crippen molar-refractivity contribution in [3.05, 3.63) is 53.0 Å². The zero-order valence-corrected chi connectivity index (χ0v) is 13.3. The molecule has 3 heterocycles. The first-order valence-electron chi connectivity index (χ1n) is 7.16. The van der Waals surface area contributed by atoms with Crippen molar-refractivity contribution in [3.63, 3.8) is 0 Å². The topological polar surface area (TPSA) is 82.5 Å². The van der Waals surface area contributed by atoms with Crippen molar-refractivity contribution < 1.29 is 0 Å². The molecule has 0 amide bonds. The molecule has 0 spiro atoms. The second kappa shape index (κ2) is 5.44. The van der Waals surface area contributed by atoms with Gasteiger partial charge in [-0.3, -0.25) is 4.68 Å². The Labute approximate surface area is 136 Å². The summed E-state index contributed by atoms with van der Waals surface area (Å²) in [5.74, 6) is 0.937. The SMILES string of the molecule is Cc1ccccc1Cn1cc2c(N)nc(-c3ccsn3)nc2n1. The summed E-state index contributed by atoms with van der Waals surface area (Å²) in [5, 5.41) is 7.19. The summed E-state index contributed by atoms with van der Waals surface area (Å²) in [6, 6.07) is 10.1. The number of nitrogens with two attached hydrogens (primary N) is 1. The number of rotatable bonds is 3. The normalized spacial score (nSPS) is 11.2. The highest BCUT2D eigenvalue weighted by atomic mass is 32.1. The first-order chi connectivity index (χ1) is 11.2. The van der Waals surface area contributed by atoms with Crippen molar-refractivity contribution in [3.8, 4) is 11.5 Å². The molecule has 0 aliphatic heterocycles. The molecule has 0 bridgehead atoms. The Balaban J connectivity index is 1.76. The maximum Gasteiger partial charge on any atom is 0.187 e. The van der Waals surface area contributed by atoms with Crippen LogP contribution < -0.4 is 5.73 Å². The Morgan fingerprint density at radius 3 is 2.83 bits per heavy atom. The van der Waals surface area contributed by atoms with Gasteiger partial charge in [0, 0.05) is 11.6 Å². The highest BCUT2D eigenvalue weighted by molar-refractivity contribution is 7.03. The number of aryl methyl sites for hydroxylation is 1. The van der Waals surface area contributed by atoms with E-state index in [1.165, 1.54) is 22.7 Å². The molecular formula is C16H14N6S. The zero-order valence-electron chi connectivity index (χ0n) is 12.5. The molecule has 0 fully saturated rings. The van der Waals surface area contributed by atoms with Gasteiger partial charge in [0.2, 0.25) is 0 Å². The smallest absolute Gasteiger partial charge is 0.187 e. The van der Waals surface area contributed by atoms with E-state index in [9.17, 15) is 0 Å². The number of hydrogen-bond acceptors (Lipinski definition) is 6. The number of aromatic nitrogens is 5. The largest absolute Gasteiger partial charge is 0.383 e. The molecule has 114 valence electrons. The van der Waals surface area contributed by atoms with Crippen molar-refractivity contribution in [1.82, 2.24) is 24.1 Å². The Kier molecular flexibility index (Phi) is 3.27. The van der Waals surface area contributed by atoms with Gasteiger partial charge < -0.3 is 5.73 Å². The monoisotopic (exact) mass is 322 g/mol. The van der Waals surface area contributed by atoms with Crippen LogP contribution in [0.1, 0.15) is 11.1 Å². The Bertz CT molecular complexity index is 974. The fourth-order valence-electron chi connectivity index (χ4n) is 2.46.